The second-order valence-corrected chi connectivity index (χ2v) is 18.9. The van der Waals surface area contributed by atoms with Crippen molar-refractivity contribution in [2.75, 3.05) is 48.0 Å². The summed E-state index contributed by atoms with van der Waals surface area (Å²) in [4.78, 5) is 4.61. The van der Waals surface area contributed by atoms with Gasteiger partial charge in [-0.25, -0.2) is 0 Å². The summed E-state index contributed by atoms with van der Waals surface area (Å²) >= 11 is 0. The van der Waals surface area contributed by atoms with Crippen molar-refractivity contribution in [2.45, 2.75) is 154 Å². The van der Waals surface area contributed by atoms with Crippen LogP contribution in [0.2, 0.25) is 0 Å². The maximum Gasteiger partial charge on any atom is 0.209 e. The quantitative estimate of drug-likeness (QED) is 0.411. The average Bonchev–Trinajstić information content (AvgIpc) is 3.74. The molecule has 13 nitrogen and oxygen atoms in total. The molecule has 57 heavy (non-hydrogen) atoms. The van der Waals surface area contributed by atoms with Gasteiger partial charge in [-0.1, -0.05) is 12.1 Å². The van der Waals surface area contributed by atoms with E-state index in [1.165, 1.54) is 11.1 Å². The van der Waals surface area contributed by atoms with Crippen LogP contribution >= 0.6 is 0 Å². The number of hydrogen-bond acceptors (Lipinski definition) is 13. The van der Waals surface area contributed by atoms with E-state index in [2.05, 4.69) is 43.0 Å². The SMILES string of the molecule is COc1ccc2c3c1OC1C4(CCC5(O)[C@@H](C2)N(C)CC[C@]315)OCCC(C)O4.COc1ccc2c3c1OC1[C@@]4(CCC5(O)[C@@H](C2)N(C)CC[C@]315)OC(C)CC(O)O4. The molecule has 4 aliphatic carbocycles. The van der Waals surface area contributed by atoms with Gasteiger partial charge in [0.25, 0.3) is 0 Å². The Bertz CT molecular complexity index is 1990. The number of methoxy groups -OCH3 is 2. The summed E-state index contributed by atoms with van der Waals surface area (Å²) in [5.41, 5.74) is 1.72. The highest BCUT2D eigenvalue weighted by Gasteiger charge is 2.79. The summed E-state index contributed by atoms with van der Waals surface area (Å²) in [6.45, 7) is 6.51. The van der Waals surface area contributed by atoms with Gasteiger partial charge in [0.2, 0.25) is 11.6 Å². The van der Waals surface area contributed by atoms with Crippen LogP contribution in [0.15, 0.2) is 24.3 Å². The number of rotatable bonds is 2. The first-order valence-electron chi connectivity index (χ1n) is 21.2. The van der Waals surface area contributed by atoms with E-state index >= 15 is 0 Å². The van der Waals surface area contributed by atoms with Gasteiger partial charge in [0.1, 0.15) is 0 Å². The van der Waals surface area contributed by atoms with Gasteiger partial charge in [-0.2, -0.15) is 0 Å². The molecule has 4 spiro atoms. The second-order valence-electron chi connectivity index (χ2n) is 18.9. The fraction of sp³-hybridized carbons (Fsp3) is 0.727. The standard InChI is InChI=1S/C22H29NO6.C22H29NO5/c1-12-10-16(24)29-22(28-12)7-6-21(25)15-11-13-4-5-14(26-3)18-17(13)20(21,19(22)27-18)8-9-23(15)2;1-13-6-11-26-22(28-13)8-7-21(24)16-12-14-4-5-15(25-3)18-17(14)20(21,19(22)27-18)9-10-23(16)2/h4-5,12,15-16,19,24-25H,6-11H2,1-3H3;4-5,13,16,19,24H,6-12H2,1-3H3/t12?,15-,16?,19?,20+,21?,22+;13?,16-,19?,20+,21?,22?/m11/s1. The molecule has 6 aliphatic heterocycles. The van der Waals surface area contributed by atoms with Crippen molar-refractivity contribution in [3.05, 3.63) is 46.5 Å². The van der Waals surface area contributed by atoms with Crippen LogP contribution in [0.5, 0.6) is 23.0 Å². The number of aliphatic hydroxyl groups is 3. The lowest BCUT2D eigenvalue weighted by atomic mass is 9.48. The van der Waals surface area contributed by atoms with Gasteiger partial charge in [0.15, 0.2) is 41.5 Å². The lowest BCUT2D eigenvalue weighted by Crippen LogP contribution is -2.80. The Kier molecular flexibility index (Phi) is 7.98. The molecule has 8 unspecified atom stereocenters. The maximum absolute atomic E-state index is 12.3. The summed E-state index contributed by atoms with van der Waals surface area (Å²) in [5, 5.41) is 35.0. The van der Waals surface area contributed by atoms with Crippen LogP contribution in [-0.4, -0.2) is 139 Å². The third-order valence-corrected chi connectivity index (χ3v) is 16.4. The smallest absolute Gasteiger partial charge is 0.209 e. The molecule has 6 heterocycles. The van der Waals surface area contributed by atoms with Crippen molar-refractivity contribution < 1.29 is 53.2 Å². The highest BCUT2D eigenvalue weighted by atomic mass is 16.8. The van der Waals surface area contributed by atoms with Crippen LogP contribution in [0, 0.1) is 0 Å². The van der Waals surface area contributed by atoms with Gasteiger partial charge >= 0.3 is 0 Å². The zero-order valence-corrected chi connectivity index (χ0v) is 34.0. The molecule has 2 aromatic rings. The number of fused-ring (bicyclic) bond motifs is 2. The largest absolute Gasteiger partial charge is 0.493 e. The average molecular weight is 791 g/mol. The van der Waals surface area contributed by atoms with E-state index in [1.807, 2.05) is 19.1 Å². The molecule has 310 valence electrons. The minimum Gasteiger partial charge on any atom is -0.493 e. The Labute approximate surface area is 334 Å². The van der Waals surface area contributed by atoms with Crippen LogP contribution < -0.4 is 18.9 Å². The van der Waals surface area contributed by atoms with Crippen molar-refractivity contribution in [1.82, 2.24) is 9.80 Å². The van der Waals surface area contributed by atoms with Gasteiger partial charge in [-0.15, -0.1) is 0 Å². The normalized spacial score (nSPS) is 46.9. The minimum absolute atomic E-state index is 0.0116. The van der Waals surface area contributed by atoms with Crippen LogP contribution in [0.25, 0.3) is 0 Å². The van der Waals surface area contributed by atoms with E-state index in [9.17, 15) is 15.3 Å². The monoisotopic (exact) mass is 790 g/mol. The molecule has 0 aromatic heterocycles. The number of aliphatic hydroxyl groups excluding tert-OH is 1. The van der Waals surface area contributed by atoms with Crippen molar-refractivity contribution in [1.29, 1.82) is 0 Å². The first kappa shape index (κ1) is 37.3. The fourth-order valence-corrected chi connectivity index (χ4v) is 14.0. The van der Waals surface area contributed by atoms with E-state index in [1.54, 1.807) is 14.2 Å². The molecule has 4 saturated heterocycles. The fourth-order valence-electron chi connectivity index (χ4n) is 14.0. The van der Waals surface area contributed by atoms with Crippen molar-refractivity contribution >= 4 is 0 Å². The Hall–Kier alpha value is -2.72. The highest BCUT2D eigenvalue weighted by molar-refractivity contribution is 5.64. The minimum atomic E-state index is -1.08. The molecular weight excluding hydrogens is 732 g/mol. The number of hydrogen-bond donors (Lipinski definition) is 3. The van der Waals surface area contributed by atoms with Crippen LogP contribution in [0.3, 0.4) is 0 Å². The topological polar surface area (TPSA) is 141 Å². The Morgan fingerprint density at radius 3 is 1.68 bits per heavy atom. The van der Waals surface area contributed by atoms with Crippen molar-refractivity contribution in [3.63, 3.8) is 0 Å². The zero-order valence-electron chi connectivity index (χ0n) is 34.0. The molecular formula is C44H58N2O11. The third kappa shape index (κ3) is 4.46. The summed E-state index contributed by atoms with van der Waals surface area (Å²) < 4.78 is 50.0. The van der Waals surface area contributed by atoms with E-state index in [4.69, 9.17) is 37.9 Å². The Morgan fingerprint density at radius 2 is 1.18 bits per heavy atom. The number of likely N-dealkylation sites (tertiary alicyclic amines) is 2. The zero-order chi connectivity index (χ0) is 39.5. The lowest BCUT2D eigenvalue weighted by Gasteiger charge is -2.66. The molecule has 2 saturated carbocycles. The van der Waals surface area contributed by atoms with Gasteiger partial charge in [-0.3, -0.25) is 0 Å². The summed E-state index contributed by atoms with van der Waals surface area (Å²) in [5.74, 6) is 1.02. The second kappa shape index (κ2) is 12.2. The molecule has 3 N–H and O–H groups in total. The van der Waals surface area contributed by atoms with E-state index in [0.717, 1.165) is 67.8 Å². The van der Waals surface area contributed by atoms with Crippen molar-refractivity contribution in [2.24, 2.45) is 0 Å². The van der Waals surface area contributed by atoms with Crippen LogP contribution in [-0.2, 0) is 42.6 Å². The summed E-state index contributed by atoms with van der Waals surface area (Å²) in [6, 6.07) is 8.31. The van der Waals surface area contributed by atoms with Crippen molar-refractivity contribution in [3.8, 4) is 23.0 Å². The van der Waals surface area contributed by atoms with Crippen LogP contribution in [0.4, 0.5) is 0 Å². The number of likely N-dealkylation sites (N-methyl/N-ethyl adjacent to an activating group) is 2. The highest BCUT2D eigenvalue weighted by Crippen LogP contribution is 2.70. The molecule has 12 rings (SSSR count). The Morgan fingerprint density at radius 1 is 0.667 bits per heavy atom. The first-order valence-corrected chi connectivity index (χ1v) is 21.2. The predicted molar refractivity (Wildman–Crippen MR) is 205 cm³/mol. The molecule has 0 radical (unpaired) electrons. The molecule has 4 bridgehead atoms. The molecule has 2 aromatic carbocycles. The number of piperidine rings is 2. The van der Waals surface area contributed by atoms with Gasteiger partial charge in [0.05, 0.1) is 55.1 Å². The van der Waals surface area contributed by atoms with E-state index < -0.39 is 46.0 Å². The third-order valence-electron chi connectivity index (χ3n) is 16.4. The summed E-state index contributed by atoms with van der Waals surface area (Å²) in [6.07, 6.45) is 5.01. The Balaban J connectivity index is 0.000000131. The molecule has 13 atom stereocenters. The van der Waals surface area contributed by atoms with Gasteiger partial charge < -0.3 is 63.0 Å². The maximum atomic E-state index is 12.3. The number of benzene rings is 2. The molecule has 6 fully saturated rings. The van der Waals surface area contributed by atoms with Crippen LogP contribution in [0.1, 0.15) is 87.5 Å². The number of nitrogens with zero attached hydrogens (tertiary/aromatic N) is 2. The molecule has 10 aliphatic rings. The predicted octanol–water partition coefficient (Wildman–Crippen LogP) is 3.32. The molecule has 13 heteroatoms. The first-order chi connectivity index (χ1) is 27.3. The van der Waals surface area contributed by atoms with E-state index in [-0.39, 0.29) is 30.4 Å². The number of ether oxygens (including phenoxy) is 8. The molecule has 0 amide bonds. The van der Waals surface area contributed by atoms with Gasteiger partial charge in [-0.05, 0) is 109 Å². The summed E-state index contributed by atoms with van der Waals surface area (Å²) in [7, 11) is 7.55. The van der Waals surface area contributed by atoms with Gasteiger partial charge in [0, 0.05) is 42.5 Å². The van der Waals surface area contributed by atoms with E-state index in [0.29, 0.717) is 50.2 Å². The lowest BCUT2D eigenvalue weighted by molar-refractivity contribution is -0.405.